The first-order valence-corrected chi connectivity index (χ1v) is 19.3. The number of ether oxygens (including phenoxy) is 1. The number of imidazole rings is 1. The van der Waals surface area contributed by atoms with Crippen LogP contribution in [0.25, 0.3) is 16.6 Å². The third-order valence-corrected chi connectivity index (χ3v) is 12.6. The molecule has 11 nitrogen and oxygen atoms in total. The number of aryl methyl sites for hydroxylation is 1. The Morgan fingerprint density at radius 2 is 1.80 bits per heavy atom. The standard InChI is InChI=1S/C37H39Cl2N7O4S/c1-25-20-32(45-19-15-41-24-45)28-4-2-6-33(36(28)43-25)50-23-29-30(38)7-8-34(35(29)39)51(48,49)46-16-3-5-31(46)37(47)42-21-26-11-17-44(18-12-26)22-27-9-13-40-14-10-27/h2,4,6-10,13-15,19-20,24,26,31H,3,5,11-12,16-18,21-23H2,1H3,(H,42,47)/t31-/m0/s1. The Kier molecular flexibility index (Phi) is 10.6. The molecule has 14 heteroatoms. The third-order valence-electron chi connectivity index (χ3n) is 9.73. The first kappa shape index (κ1) is 35.3. The van der Waals surface area contributed by atoms with Gasteiger partial charge in [0.1, 0.15) is 28.8 Å². The fourth-order valence-electron chi connectivity index (χ4n) is 6.99. The van der Waals surface area contributed by atoms with Crippen molar-refractivity contribution in [2.45, 2.75) is 56.7 Å². The topological polar surface area (TPSA) is 123 Å². The summed E-state index contributed by atoms with van der Waals surface area (Å²) in [5.41, 5.74) is 3.89. The second kappa shape index (κ2) is 15.3. The summed E-state index contributed by atoms with van der Waals surface area (Å²) in [5, 5.41) is 4.15. The van der Waals surface area contributed by atoms with Crippen LogP contribution in [0.15, 0.2) is 84.5 Å². The zero-order chi connectivity index (χ0) is 35.5. The van der Waals surface area contributed by atoms with E-state index >= 15 is 0 Å². The van der Waals surface area contributed by atoms with Crippen LogP contribution in [-0.2, 0) is 28.0 Å². The number of rotatable bonds is 11. The van der Waals surface area contributed by atoms with Gasteiger partial charge < -0.3 is 14.6 Å². The Labute approximate surface area is 307 Å². The molecule has 1 amide bonds. The lowest BCUT2D eigenvalue weighted by Gasteiger charge is -2.32. The first-order valence-electron chi connectivity index (χ1n) is 17.1. The fourth-order valence-corrected chi connectivity index (χ4v) is 9.51. The summed E-state index contributed by atoms with van der Waals surface area (Å²) in [5.74, 6) is 0.548. The summed E-state index contributed by atoms with van der Waals surface area (Å²) >= 11 is 13.4. The van der Waals surface area contributed by atoms with Gasteiger partial charge in [0.25, 0.3) is 0 Å². The van der Waals surface area contributed by atoms with Crippen molar-refractivity contribution >= 4 is 50.0 Å². The number of benzene rings is 2. The molecule has 3 aromatic heterocycles. The highest BCUT2D eigenvalue weighted by Crippen LogP contribution is 2.37. The van der Waals surface area contributed by atoms with Crippen LogP contribution in [0, 0.1) is 12.8 Å². The number of likely N-dealkylation sites (tertiary alicyclic amines) is 1. The maximum Gasteiger partial charge on any atom is 0.245 e. The summed E-state index contributed by atoms with van der Waals surface area (Å²) in [4.78, 5) is 28.8. The molecule has 0 spiro atoms. The van der Waals surface area contributed by atoms with Crippen molar-refractivity contribution in [1.29, 1.82) is 0 Å². The van der Waals surface area contributed by atoms with E-state index < -0.39 is 16.1 Å². The minimum absolute atomic E-state index is 0.0319. The van der Waals surface area contributed by atoms with E-state index in [2.05, 4.69) is 20.2 Å². The molecule has 7 rings (SSSR count). The number of sulfonamides is 1. The quantitative estimate of drug-likeness (QED) is 0.170. The smallest absolute Gasteiger partial charge is 0.245 e. The lowest BCUT2D eigenvalue weighted by Crippen LogP contribution is -2.47. The molecule has 0 radical (unpaired) electrons. The van der Waals surface area contributed by atoms with Gasteiger partial charge in [-0.05, 0) is 93.6 Å². The molecule has 1 N–H and O–H groups in total. The van der Waals surface area contributed by atoms with Crippen LogP contribution < -0.4 is 10.1 Å². The van der Waals surface area contributed by atoms with E-state index in [1.165, 1.54) is 22.0 Å². The Balaban J connectivity index is 1.02. The molecular weight excluding hydrogens is 709 g/mol. The van der Waals surface area contributed by atoms with Gasteiger partial charge in [0.15, 0.2) is 0 Å². The molecule has 0 bridgehead atoms. The maximum atomic E-state index is 14.1. The van der Waals surface area contributed by atoms with E-state index in [1.807, 2.05) is 60.4 Å². The van der Waals surface area contributed by atoms with E-state index in [0.717, 1.165) is 49.2 Å². The Hall–Kier alpha value is -4.07. The van der Waals surface area contributed by atoms with Crippen LogP contribution in [0.1, 0.15) is 42.5 Å². The van der Waals surface area contributed by atoms with Crippen molar-refractivity contribution in [2.75, 3.05) is 26.2 Å². The average Bonchev–Trinajstić information content (AvgIpc) is 3.85. The van der Waals surface area contributed by atoms with E-state index in [-0.39, 0.29) is 34.0 Å². The predicted molar refractivity (Wildman–Crippen MR) is 197 cm³/mol. The summed E-state index contributed by atoms with van der Waals surface area (Å²) in [6.07, 6.45) is 11.8. The maximum absolute atomic E-state index is 14.1. The Morgan fingerprint density at radius 3 is 2.57 bits per heavy atom. The number of hydrogen-bond donors (Lipinski definition) is 1. The number of halogens is 2. The number of para-hydroxylation sites is 1. The van der Waals surface area contributed by atoms with Crippen molar-refractivity contribution in [2.24, 2.45) is 5.92 Å². The number of nitrogens with one attached hydrogen (secondary N) is 1. The van der Waals surface area contributed by atoms with Crippen LogP contribution in [0.3, 0.4) is 0 Å². The minimum atomic E-state index is -4.14. The van der Waals surface area contributed by atoms with Crippen molar-refractivity contribution in [3.8, 4) is 11.4 Å². The van der Waals surface area contributed by atoms with Crippen molar-refractivity contribution in [1.82, 2.24) is 34.0 Å². The zero-order valence-electron chi connectivity index (χ0n) is 28.2. The number of fused-ring (bicyclic) bond motifs is 1. The van der Waals surface area contributed by atoms with Gasteiger partial charge in [0.2, 0.25) is 15.9 Å². The van der Waals surface area contributed by atoms with Gasteiger partial charge in [-0.1, -0.05) is 35.3 Å². The number of pyridine rings is 2. The summed E-state index contributed by atoms with van der Waals surface area (Å²) in [7, 11) is -4.14. The van der Waals surface area contributed by atoms with Gasteiger partial charge in [-0.3, -0.25) is 14.7 Å². The molecule has 5 heterocycles. The summed E-state index contributed by atoms with van der Waals surface area (Å²) < 4.78 is 37.6. The first-order chi connectivity index (χ1) is 24.7. The molecule has 2 saturated heterocycles. The van der Waals surface area contributed by atoms with Crippen LogP contribution >= 0.6 is 23.2 Å². The molecule has 0 unspecified atom stereocenters. The van der Waals surface area contributed by atoms with Gasteiger partial charge in [-0.25, -0.2) is 18.4 Å². The number of hydrogen-bond acceptors (Lipinski definition) is 8. The number of carbonyl (C=O) groups is 1. The van der Waals surface area contributed by atoms with E-state index in [0.29, 0.717) is 42.1 Å². The van der Waals surface area contributed by atoms with E-state index in [9.17, 15) is 13.2 Å². The number of amides is 1. The average molecular weight is 749 g/mol. The van der Waals surface area contributed by atoms with Crippen LogP contribution in [0.4, 0.5) is 0 Å². The van der Waals surface area contributed by atoms with Gasteiger partial charge in [0, 0.05) is 66.1 Å². The van der Waals surface area contributed by atoms with Gasteiger partial charge in [-0.15, -0.1) is 0 Å². The molecule has 0 aliphatic carbocycles. The molecule has 2 aromatic carbocycles. The molecule has 2 fully saturated rings. The Bertz CT molecular complexity index is 2130. The summed E-state index contributed by atoms with van der Waals surface area (Å²) in [6, 6.07) is 13.7. The molecule has 2 aliphatic rings. The Morgan fingerprint density at radius 1 is 1.00 bits per heavy atom. The normalized spacial score (nSPS) is 17.6. The highest BCUT2D eigenvalue weighted by Gasteiger charge is 2.41. The number of nitrogens with zero attached hydrogens (tertiary/aromatic N) is 6. The highest BCUT2D eigenvalue weighted by atomic mass is 35.5. The summed E-state index contributed by atoms with van der Waals surface area (Å²) in [6.45, 7) is 5.31. The molecular formula is C37H39Cl2N7O4S. The largest absolute Gasteiger partial charge is 0.487 e. The second-order valence-electron chi connectivity index (χ2n) is 13.1. The molecule has 266 valence electrons. The highest BCUT2D eigenvalue weighted by molar-refractivity contribution is 7.89. The van der Waals surface area contributed by atoms with Crippen LogP contribution in [0.5, 0.6) is 5.75 Å². The zero-order valence-corrected chi connectivity index (χ0v) is 30.5. The van der Waals surface area contributed by atoms with Crippen LogP contribution in [0.2, 0.25) is 10.0 Å². The number of aromatic nitrogens is 4. The molecule has 2 aliphatic heterocycles. The third kappa shape index (κ3) is 7.61. The SMILES string of the molecule is Cc1cc(-n2ccnc2)c2cccc(OCc3c(Cl)ccc(S(=O)(=O)N4CCC[C@H]4C(=O)NCC4CCN(Cc5ccncc5)CC4)c3Cl)c2n1. The predicted octanol–water partition coefficient (Wildman–Crippen LogP) is 6.19. The molecule has 5 aromatic rings. The van der Waals surface area contributed by atoms with Crippen molar-refractivity contribution in [3.63, 3.8) is 0 Å². The lowest BCUT2D eigenvalue weighted by atomic mass is 9.96. The monoisotopic (exact) mass is 747 g/mol. The van der Waals surface area contributed by atoms with Gasteiger partial charge in [0.05, 0.1) is 17.0 Å². The fraction of sp³-hybridized carbons (Fsp3) is 0.351. The van der Waals surface area contributed by atoms with E-state index in [1.54, 1.807) is 18.6 Å². The number of carbonyl (C=O) groups excluding carboxylic acids is 1. The number of piperidine rings is 1. The minimum Gasteiger partial charge on any atom is -0.487 e. The van der Waals surface area contributed by atoms with Crippen molar-refractivity contribution in [3.05, 3.63) is 107 Å². The van der Waals surface area contributed by atoms with E-state index in [4.69, 9.17) is 32.9 Å². The van der Waals surface area contributed by atoms with Crippen LogP contribution in [-0.4, -0.2) is 75.3 Å². The molecule has 51 heavy (non-hydrogen) atoms. The lowest BCUT2D eigenvalue weighted by molar-refractivity contribution is -0.124. The molecule has 0 saturated carbocycles. The molecule has 1 atom stereocenters. The van der Waals surface area contributed by atoms with Gasteiger partial charge in [-0.2, -0.15) is 4.31 Å². The second-order valence-corrected chi connectivity index (χ2v) is 15.8. The van der Waals surface area contributed by atoms with Crippen molar-refractivity contribution < 1.29 is 17.9 Å². The van der Waals surface area contributed by atoms with Gasteiger partial charge >= 0.3 is 0 Å².